The molecule has 0 saturated heterocycles. The Bertz CT molecular complexity index is 364. The number of nitrogens with one attached hydrogen (secondary N) is 1. The van der Waals surface area contributed by atoms with E-state index < -0.39 is 0 Å². The lowest BCUT2D eigenvalue weighted by Gasteiger charge is -2.31. The average molecular weight is 233 g/mol. The van der Waals surface area contributed by atoms with Gasteiger partial charge in [-0.05, 0) is 44.2 Å². The smallest absolute Gasteiger partial charge is 0.0693 e. The molecule has 3 unspecified atom stereocenters. The molecule has 1 N–H and O–H groups in total. The molecule has 0 amide bonds. The second-order valence-electron chi connectivity index (χ2n) is 5.04. The van der Waals surface area contributed by atoms with Crippen molar-refractivity contribution in [2.75, 3.05) is 7.11 Å². The van der Waals surface area contributed by atoms with Crippen molar-refractivity contribution in [2.45, 2.75) is 51.3 Å². The molecule has 94 valence electrons. The van der Waals surface area contributed by atoms with E-state index in [1.807, 2.05) is 0 Å². The summed E-state index contributed by atoms with van der Waals surface area (Å²) in [5.74, 6) is 0. The van der Waals surface area contributed by atoms with Crippen LogP contribution in [0.25, 0.3) is 0 Å². The quantitative estimate of drug-likeness (QED) is 0.863. The van der Waals surface area contributed by atoms with E-state index in [1.165, 1.54) is 30.4 Å². The Labute approximate surface area is 104 Å². The van der Waals surface area contributed by atoms with Crippen molar-refractivity contribution in [2.24, 2.45) is 0 Å². The van der Waals surface area contributed by atoms with Gasteiger partial charge >= 0.3 is 0 Å². The zero-order valence-electron chi connectivity index (χ0n) is 11.1. The molecular weight excluding hydrogens is 210 g/mol. The van der Waals surface area contributed by atoms with E-state index in [0.717, 1.165) is 0 Å². The minimum absolute atomic E-state index is 0.254. The Kier molecular flexibility index (Phi) is 4.19. The van der Waals surface area contributed by atoms with E-state index in [-0.39, 0.29) is 6.10 Å². The Hall–Kier alpha value is -0.860. The van der Waals surface area contributed by atoms with Crippen molar-refractivity contribution in [3.8, 4) is 0 Å². The van der Waals surface area contributed by atoms with Gasteiger partial charge in [-0.3, -0.25) is 0 Å². The van der Waals surface area contributed by atoms with Crippen LogP contribution in [-0.2, 0) is 11.2 Å². The van der Waals surface area contributed by atoms with Crippen LogP contribution in [0.4, 0.5) is 0 Å². The van der Waals surface area contributed by atoms with Crippen molar-refractivity contribution >= 4 is 0 Å². The van der Waals surface area contributed by atoms with Crippen molar-refractivity contribution in [3.05, 3.63) is 35.4 Å². The molecule has 1 aliphatic carbocycles. The van der Waals surface area contributed by atoms with E-state index in [9.17, 15) is 0 Å². The summed E-state index contributed by atoms with van der Waals surface area (Å²) in [5.41, 5.74) is 2.99. The first-order chi connectivity index (χ1) is 8.22. The molecule has 3 atom stereocenters. The van der Waals surface area contributed by atoms with E-state index >= 15 is 0 Å². The molecule has 0 spiro atoms. The minimum Gasteiger partial charge on any atom is -0.380 e. The van der Waals surface area contributed by atoms with Gasteiger partial charge in [0.05, 0.1) is 6.10 Å². The number of benzene rings is 1. The zero-order chi connectivity index (χ0) is 12.3. The molecule has 0 heterocycles. The first-order valence-corrected chi connectivity index (χ1v) is 6.59. The summed E-state index contributed by atoms with van der Waals surface area (Å²) in [6, 6.07) is 9.68. The summed E-state index contributed by atoms with van der Waals surface area (Å²) in [6.07, 6.45) is 3.99. The maximum atomic E-state index is 5.38. The van der Waals surface area contributed by atoms with Gasteiger partial charge in [-0.25, -0.2) is 0 Å². The molecule has 2 rings (SSSR count). The molecule has 2 nitrogen and oxygen atoms in total. The summed E-state index contributed by atoms with van der Waals surface area (Å²) in [5, 5.41) is 3.70. The molecule has 0 radical (unpaired) electrons. The summed E-state index contributed by atoms with van der Waals surface area (Å²) in [7, 11) is 1.78. The van der Waals surface area contributed by atoms with Crippen LogP contribution in [0.1, 0.15) is 43.9 Å². The van der Waals surface area contributed by atoms with Crippen LogP contribution < -0.4 is 5.32 Å². The molecule has 0 fully saturated rings. The highest BCUT2D eigenvalue weighted by Crippen LogP contribution is 2.29. The van der Waals surface area contributed by atoms with Gasteiger partial charge in [0.15, 0.2) is 0 Å². The van der Waals surface area contributed by atoms with Crippen LogP contribution in [0.5, 0.6) is 0 Å². The topological polar surface area (TPSA) is 21.3 Å². The van der Waals surface area contributed by atoms with Gasteiger partial charge in [-0.2, -0.15) is 0 Å². The molecule has 1 aliphatic rings. The van der Waals surface area contributed by atoms with Crippen LogP contribution in [0, 0.1) is 0 Å². The third-order valence-electron chi connectivity index (χ3n) is 3.91. The third-order valence-corrected chi connectivity index (χ3v) is 3.91. The highest BCUT2D eigenvalue weighted by molar-refractivity contribution is 5.32. The second-order valence-corrected chi connectivity index (χ2v) is 5.04. The molecule has 0 aromatic heterocycles. The van der Waals surface area contributed by atoms with Crippen LogP contribution in [0.3, 0.4) is 0 Å². The number of ether oxygens (including phenoxy) is 1. The third kappa shape index (κ3) is 2.88. The largest absolute Gasteiger partial charge is 0.380 e. The molecule has 1 aromatic carbocycles. The first kappa shape index (κ1) is 12.6. The number of aryl methyl sites for hydroxylation is 1. The lowest BCUT2D eigenvalue weighted by Crippen LogP contribution is -2.40. The fraction of sp³-hybridized carbons (Fsp3) is 0.600. The SMILES string of the molecule is COC(C)C(C)NC1CCCc2ccccc21. The first-order valence-electron chi connectivity index (χ1n) is 6.59. The van der Waals surface area contributed by atoms with Gasteiger partial charge in [0, 0.05) is 19.2 Å². The van der Waals surface area contributed by atoms with Crippen LogP contribution in [0.2, 0.25) is 0 Å². The maximum Gasteiger partial charge on any atom is 0.0693 e. The highest BCUT2D eigenvalue weighted by atomic mass is 16.5. The van der Waals surface area contributed by atoms with Crippen LogP contribution >= 0.6 is 0 Å². The van der Waals surface area contributed by atoms with Gasteiger partial charge < -0.3 is 10.1 Å². The lowest BCUT2D eigenvalue weighted by atomic mass is 9.87. The van der Waals surface area contributed by atoms with Crippen LogP contribution in [-0.4, -0.2) is 19.3 Å². The molecular formula is C15H23NO. The monoisotopic (exact) mass is 233 g/mol. The predicted octanol–water partition coefficient (Wildman–Crippen LogP) is 3.08. The van der Waals surface area contributed by atoms with E-state index in [1.54, 1.807) is 7.11 Å². The lowest BCUT2D eigenvalue weighted by molar-refractivity contribution is 0.0833. The Morgan fingerprint density at radius 3 is 2.82 bits per heavy atom. The molecule has 0 bridgehead atoms. The molecule has 1 aromatic rings. The number of hydrogen-bond acceptors (Lipinski definition) is 2. The fourth-order valence-corrected chi connectivity index (χ4v) is 2.58. The van der Waals surface area contributed by atoms with E-state index in [0.29, 0.717) is 12.1 Å². The van der Waals surface area contributed by atoms with Gasteiger partial charge in [0.2, 0.25) is 0 Å². The molecule has 17 heavy (non-hydrogen) atoms. The fourth-order valence-electron chi connectivity index (χ4n) is 2.58. The summed E-state index contributed by atoms with van der Waals surface area (Å²) < 4.78 is 5.38. The van der Waals surface area contributed by atoms with Gasteiger partial charge in [-0.15, -0.1) is 0 Å². The Balaban J connectivity index is 2.08. The Morgan fingerprint density at radius 2 is 2.06 bits per heavy atom. The number of methoxy groups -OCH3 is 1. The molecule has 2 heteroatoms. The molecule has 0 aliphatic heterocycles. The minimum atomic E-state index is 0.254. The summed E-state index contributed by atoms with van der Waals surface area (Å²) in [6.45, 7) is 4.32. The van der Waals surface area contributed by atoms with Crippen LogP contribution in [0.15, 0.2) is 24.3 Å². The van der Waals surface area contributed by atoms with Crippen molar-refractivity contribution in [1.82, 2.24) is 5.32 Å². The average Bonchev–Trinajstić information content (AvgIpc) is 2.38. The summed E-state index contributed by atoms with van der Waals surface area (Å²) >= 11 is 0. The maximum absolute atomic E-state index is 5.38. The van der Waals surface area contributed by atoms with Gasteiger partial charge in [0.25, 0.3) is 0 Å². The predicted molar refractivity (Wildman–Crippen MR) is 71.2 cm³/mol. The van der Waals surface area contributed by atoms with Crippen molar-refractivity contribution in [3.63, 3.8) is 0 Å². The number of rotatable bonds is 4. The summed E-state index contributed by atoms with van der Waals surface area (Å²) in [4.78, 5) is 0. The van der Waals surface area contributed by atoms with Gasteiger partial charge in [0.1, 0.15) is 0 Å². The normalized spacial score (nSPS) is 22.9. The number of fused-ring (bicyclic) bond motifs is 1. The van der Waals surface area contributed by atoms with E-state index in [4.69, 9.17) is 4.74 Å². The van der Waals surface area contributed by atoms with Crippen molar-refractivity contribution < 1.29 is 4.74 Å². The number of hydrogen-bond donors (Lipinski definition) is 1. The Morgan fingerprint density at radius 1 is 1.29 bits per heavy atom. The highest BCUT2D eigenvalue weighted by Gasteiger charge is 2.22. The second kappa shape index (κ2) is 5.65. The van der Waals surface area contributed by atoms with Crippen molar-refractivity contribution in [1.29, 1.82) is 0 Å². The zero-order valence-corrected chi connectivity index (χ0v) is 11.1. The van der Waals surface area contributed by atoms with E-state index in [2.05, 4.69) is 43.4 Å². The molecule has 0 saturated carbocycles. The van der Waals surface area contributed by atoms with Gasteiger partial charge in [-0.1, -0.05) is 24.3 Å². The standard InChI is InChI=1S/C15H23NO/c1-11(12(2)17-3)16-15-10-6-8-13-7-4-5-9-14(13)15/h4-5,7,9,11-12,15-16H,6,8,10H2,1-3H3.